The van der Waals surface area contributed by atoms with E-state index in [9.17, 15) is 4.39 Å². The van der Waals surface area contributed by atoms with Gasteiger partial charge in [0.2, 0.25) is 0 Å². The van der Waals surface area contributed by atoms with Crippen molar-refractivity contribution in [3.63, 3.8) is 0 Å². The molecule has 0 saturated carbocycles. The molecule has 1 heterocycles. The Balaban J connectivity index is 2.26. The number of aromatic nitrogens is 1. The van der Waals surface area contributed by atoms with E-state index in [1.807, 2.05) is 18.2 Å². The van der Waals surface area contributed by atoms with Gasteiger partial charge >= 0.3 is 0 Å². The monoisotopic (exact) mass is 265 g/mol. The van der Waals surface area contributed by atoms with Gasteiger partial charge in [-0.25, -0.2) is 4.39 Å². The maximum atomic E-state index is 13.7. The molecule has 0 saturated heterocycles. The van der Waals surface area contributed by atoms with E-state index in [0.29, 0.717) is 17.0 Å². The summed E-state index contributed by atoms with van der Waals surface area (Å²) in [5.74, 6) is 5.15. The lowest BCUT2D eigenvalue weighted by Gasteiger charge is -2.16. The summed E-state index contributed by atoms with van der Waals surface area (Å²) in [6.45, 7) is 0. The molecular weight excluding hydrogens is 253 g/mol. The van der Waals surface area contributed by atoms with Gasteiger partial charge in [0.05, 0.1) is 6.04 Å². The van der Waals surface area contributed by atoms with Crippen molar-refractivity contribution in [3.8, 4) is 0 Å². The maximum Gasteiger partial charge on any atom is 0.128 e. The second-order valence-corrected chi connectivity index (χ2v) is 4.35. The first-order valence-corrected chi connectivity index (χ1v) is 5.89. The number of nitrogens with one attached hydrogen (secondary N) is 1. The molecule has 2 aromatic rings. The van der Waals surface area contributed by atoms with Gasteiger partial charge in [0.15, 0.2) is 0 Å². The predicted molar refractivity (Wildman–Crippen MR) is 69.4 cm³/mol. The van der Waals surface area contributed by atoms with Crippen LogP contribution < -0.4 is 11.3 Å². The topological polar surface area (TPSA) is 50.9 Å². The van der Waals surface area contributed by atoms with E-state index in [1.54, 1.807) is 12.3 Å². The first-order valence-electron chi connectivity index (χ1n) is 5.51. The minimum atomic E-state index is -0.362. The number of halogens is 2. The normalized spacial score (nSPS) is 12.4. The standard InChI is InChI=1S/C13H13ClFN3/c14-9-4-5-12(15)11(7-9)13(18-16)8-10-3-1-2-6-17-10/h1-7,13,18H,8,16H2. The van der Waals surface area contributed by atoms with Gasteiger partial charge in [-0.2, -0.15) is 0 Å². The van der Waals surface area contributed by atoms with E-state index >= 15 is 0 Å². The number of nitrogens with zero attached hydrogens (tertiary/aromatic N) is 1. The highest BCUT2D eigenvalue weighted by molar-refractivity contribution is 6.30. The van der Waals surface area contributed by atoms with Crippen molar-refractivity contribution >= 4 is 11.6 Å². The van der Waals surface area contributed by atoms with Crippen molar-refractivity contribution in [1.82, 2.24) is 10.4 Å². The van der Waals surface area contributed by atoms with E-state index in [4.69, 9.17) is 17.4 Å². The van der Waals surface area contributed by atoms with Crippen LogP contribution in [-0.4, -0.2) is 4.98 Å². The van der Waals surface area contributed by atoms with Gasteiger partial charge in [0.1, 0.15) is 5.82 Å². The zero-order valence-electron chi connectivity index (χ0n) is 9.61. The van der Waals surface area contributed by atoms with E-state index < -0.39 is 0 Å². The zero-order chi connectivity index (χ0) is 13.0. The second kappa shape index (κ2) is 5.91. The molecule has 0 bridgehead atoms. The van der Waals surface area contributed by atoms with Crippen LogP contribution >= 0.6 is 11.6 Å². The first-order chi connectivity index (χ1) is 8.70. The highest BCUT2D eigenvalue weighted by Gasteiger charge is 2.16. The third-order valence-electron chi connectivity index (χ3n) is 2.67. The van der Waals surface area contributed by atoms with Crippen molar-refractivity contribution in [1.29, 1.82) is 0 Å². The van der Waals surface area contributed by atoms with E-state index in [-0.39, 0.29) is 11.9 Å². The summed E-state index contributed by atoms with van der Waals surface area (Å²) in [7, 11) is 0. The molecule has 0 fully saturated rings. The molecule has 0 aliphatic rings. The average molecular weight is 266 g/mol. The lowest BCUT2D eigenvalue weighted by Crippen LogP contribution is -2.30. The average Bonchev–Trinajstić information content (AvgIpc) is 2.40. The zero-order valence-corrected chi connectivity index (χ0v) is 10.4. The molecule has 3 nitrogen and oxygen atoms in total. The third kappa shape index (κ3) is 3.04. The van der Waals surface area contributed by atoms with Crippen LogP contribution in [0.4, 0.5) is 4.39 Å². The minimum absolute atomic E-state index is 0.335. The van der Waals surface area contributed by atoms with Crippen LogP contribution in [-0.2, 0) is 6.42 Å². The van der Waals surface area contributed by atoms with Gasteiger partial charge < -0.3 is 0 Å². The molecule has 0 radical (unpaired) electrons. The Bertz CT molecular complexity index is 519. The summed E-state index contributed by atoms with van der Waals surface area (Å²) in [5, 5.41) is 0.479. The van der Waals surface area contributed by atoms with Crippen molar-refractivity contribution in [2.75, 3.05) is 0 Å². The lowest BCUT2D eigenvalue weighted by molar-refractivity contribution is 0.507. The molecule has 0 amide bonds. The molecular formula is C13H13ClFN3. The number of rotatable bonds is 4. The van der Waals surface area contributed by atoms with Crippen LogP contribution in [0.3, 0.4) is 0 Å². The second-order valence-electron chi connectivity index (χ2n) is 3.91. The maximum absolute atomic E-state index is 13.7. The van der Waals surface area contributed by atoms with Gasteiger partial charge in [-0.15, -0.1) is 0 Å². The van der Waals surface area contributed by atoms with Crippen LogP contribution in [0.25, 0.3) is 0 Å². The molecule has 0 aliphatic carbocycles. The fourth-order valence-corrected chi connectivity index (χ4v) is 1.95. The molecule has 0 spiro atoms. The quantitative estimate of drug-likeness (QED) is 0.660. The Kier molecular flexibility index (Phi) is 4.25. The first kappa shape index (κ1) is 13.0. The molecule has 3 N–H and O–H groups in total. The number of hydrogen-bond donors (Lipinski definition) is 2. The third-order valence-corrected chi connectivity index (χ3v) is 2.91. The Morgan fingerprint density at radius 2 is 2.17 bits per heavy atom. The van der Waals surface area contributed by atoms with Crippen LogP contribution in [0.2, 0.25) is 5.02 Å². The fourth-order valence-electron chi connectivity index (χ4n) is 1.77. The highest BCUT2D eigenvalue weighted by atomic mass is 35.5. The van der Waals surface area contributed by atoms with E-state index in [1.165, 1.54) is 12.1 Å². The highest BCUT2D eigenvalue weighted by Crippen LogP contribution is 2.23. The van der Waals surface area contributed by atoms with Crippen LogP contribution in [0, 0.1) is 5.82 Å². The summed E-state index contributed by atoms with van der Waals surface area (Å²) in [6, 6.07) is 9.63. The van der Waals surface area contributed by atoms with Crippen molar-refractivity contribution in [3.05, 3.63) is 64.7 Å². The van der Waals surface area contributed by atoms with Gasteiger partial charge in [-0.1, -0.05) is 17.7 Å². The summed E-state index contributed by atoms with van der Waals surface area (Å²) >= 11 is 5.87. The summed E-state index contributed by atoms with van der Waals surface area (Å²) in [5.41, 5.74) is 3.87. The molecule has 1 aromatic carbocycles. The molecule has 1 unspecified atom stereocenters. The Labute approximate surface area is 110 Å². The van der Waals surface area contributed by atoms with Gasteiger partial charge in [0.25, 0.3) is 0 Å². The number of pyridine rings is 1. The van der Waals surface area contributed by atoms with Crippen LogP contribution in [0.5, 0.6) is 0 Å². The van der Waals surface area contributed by atoms with Gasteiger partial charge in [-0.3, -0.25) is 16.3 Å². The molecule has 0 aliphatic heterocycles. The molecule has 2 rings (SSSR count). The Hall–Kier alpha value is -1.49. The van der Waals surface area contributed by atoms with E-state index in [0.717, 1.165) is 5.69 Å². The fraction of sp³-hybridized carbons (Fsp3) is 0.154. The smallest absolute Gasteiger partial charge is 0.128 e. The van der Waals surface area contributed by atoms with Gasteiger partial charge in [-0.05, 0) is 30.3 Å². The largest absolute Gasteiger partial charge is 0.271 e. The Morgan fingerprint density at radius 3 is 2.83 bits per heavy atom. The number of benzene rings is 1. The van der Waals surface area contributed by atoms with Crippen LogP contribution in [0.1, 0.15) is 17.3 Å². The lowest BCUT2D eigenvalue weighted by atomic mass is 10.0. The van der Waals surface area contributed by atoms with Crippen molar-refractivity contribution < 1.29 is 4.39 Å². The summed E-state index contributed by atoms with van der Waals surface area (Å²) in [4.78, 5) is 4.19. The van der Waals surface area contributed by atoms with Crippen molar-refractivity contribution in [2.24, 2.45) is 5.84 Å². The van der Waals surface area contributed by atoms with Crippen molar-refractivity contribution in [2.45, 2.75) is 12.5 Å². The number of hydrogen-bond acceptors (Lipinski definition) is 3. The summed E-state index contributed by atoms with van der Waals surface area (Å²) in [6.07, 6.45) is 2.19. The van der Waals surface area contributed by atoms with Gasteiger partial charge in [0, 0.05) is 28.9 Å². The molecule has 5 heteroatoms. The van der Waals surface area contributed by atoms with E-state index in [2.05, 4.69) is 10.4 Å². The molecule has 18 heavy (non-hydrogen) atoms. The number of nitrogens with two attached hydrogens (primary N) is 1. The SMILES string of the molecule is NNC(Cc1ccccn1)c1cc(Cl)ccc1F. The summed E-state index contributed by atoms with van der Waals surface area (Å²) < 4.78 is 13.7. The molecule has 94 valence electrons. The van der Waals surface area contributed by atoms with Crippen LogP contribution in [0.15, 0.2) is 42.6 Å². The minimum Gasteiger partial charge on any atom is -0.271 e. The number of hydrazine groups is 1. The Morgan fingerprint density at radius 1 is 1.33 bits per heavy atom. The predicted octanol–water partition coefficient (Wildman–Crippen LogP) is 2.62. The molecule has 1 atom stereocenters. The molecule has 1 aromatic heterocycles.